The smallest absolute Gasteiger partial charge is 0.138 e. The van der Waals surface area contributed by atoms with Crippen molar-refractivity contribution in [2.75, 3.05) is 0 Å². The van der Waals surface area contributed by atoms with Gasteiger partial charge in [0.15, 0.2) is 0 Å². The molecular weight excluding hydrogens is 164 g/mol. The highest BCUT2D eigenvalue weighted by Crippen LogP contribution is 2.15. The Morgan fingerprint density at radius 2 is 2.27 bits per heavy atom. The molecular formula is C7H5ClN2O. The predicted octanol–water partition coefficient (Wildman–Crippen LogP) is 1.69. The van der Waals surface area contributed by atoms with Crippen molar-refractivity contribution in [2.24, 2.45) is 0 Å². The van der Waals surface area contributed by atoms with Gasteiger partial charge in [0.2, 0.25) is 0 Å². The second kappa shape index (κ2) is 2.13. The van der Waals surface area contributed by atoms with E-state index >= 15 is 0 Å². The van der Waals surface area contributed by atoms with E-state index in [-0.39, 0.29) is 5.75 Å². The van der Waals surface area contributed by atoms with Crippen LogP contribution in [0.3, 0.4) is 0 Å². The van der Waals surface area contributed by atoms with Crippen molar-refractivity contribution < 1.29 is 5.11 Å². The maximum atomic E-state index is 9.07. The zero-order chi connectivity index (χ0) is 7.84. The number of imidazole rings is 1. The number of hydrogen-bond acceptors (Lipinski definition) is 2. The van der Waals surface area contributed by atoms with Gasteiger partial charge in [0.25, 0.3) is 0 Å². The van der Waals surface area contributed by atoms with Crippen LogP contribution in [0, 0.1) is 0 Å². The first kappa shape index (κ1) is 6.49. The molecule has 0 unspecified atom stereocenters. The fourth-order valence-corrected chi connectivity index (χ4v) is 1.12. The average molecular weight is 169 g/mol. The van der Waals surface area contributed by atoms with Crippen molar-refractivity contribution in [3.8, 4) is 5.75 Å². The van der Waals surface area contributed by atoms with Crippen LogP contribution in [0.25, 0.3) is 5.65 Å². The lowest BCUT2D eigenvalue weighted by Crippen LogP contribution is -1.81. The van der Waals surface area contributed by atoms with Gasteiger partial charge in [-0.2, -0.15) is 0 Å². The van der Waals surface area contributed by atoms with E-state index in [1.807, 2.05) is 0 Å². The molecule has 0 atom stereocenters. The Labute approximate surface area is 67.9 Å². The molecule has 4 heteroatoms. The Morgan fingerprint density at radius 3 is 3.09 bits per heavy atom. The summed E-state index contributed by atoms with van der Waals surface area (Å²) >= 11 is 5.73. The number of aromatic nitrogens is 2. The molecule has 0 aliphatic carbocycles. The molecule has 0 radical (unpaired) electrons. The molecule has 0 aliphatic heterocycles. The Hall–Kier alpha value is -1.22. The summed E-state index contributed by atoms with van der Waals surface area (Å²) in [7, 11) is 0. The van der Waals surface area contributed by atoms with E-state index in [0.29, 0.717) is 5.15 Å². The summed E-state index contributed by atoms with van der Waals surface area (Å²) in [5.41, 5.74) is 0.729. The van der Waals surface area contributed by atoms with Gasteiger partial charge in [-0.25, -0.2) is 4.98 Å². The van der Waals surface area contributed by atoms with E-state index in [1.165, 1.54) is 12.4 Å². The maximum absolute atomic E-state index is 9.07. The summed E-state index contributed by atoms with van der Waals surface area (Å²) < 4.78 is 1.61. The van der Waals surface area contributed by atoms with E-state index in [1.54, 1.807) is 16.5 Å². The maximum Gasteiger partial charge on any atom is 0.138 e. The minimum atomic E-state index is 0.178. The zero-order valence-corrected chi connectivity index (χ0v) is 6.28. The second-order valence-electron chi connectivity index (χ2n) is 2.20. The van der Waals surface area contributed by atoms with Gasteiger partial charge in [-0.15, -0.1) is 0 Å². The van der Waals surface area contributed by atoms with Crippen molar-refractivity contribution >= 4 is 17.2 Å². The van der Waals surface area contributed by atoms with Gasteiger partial charge in [0.05, 0.1) is 12.4 Å². The molecule has 0 saturated heterocycles. The predicted molar refractivity (Wildman–Crippen MR) is 41.9 cm³/mol. The minimum absolute atomic E-state index is 0.178. The highest BCUT2D eigenvalue weighted by molar-refractivity contribution is 6.29. The first-order valence-electron chi connectivity index (χ1n) is 3.09. The average Bonchev–Trinajstić information content (AvgIpc) is 2.33. The summed E-state index contributed by atoms with van der Waals surface area (Å²) in [6.45, 7) is 0. The first-order chi connectivity index (χ1) is 5.27. The van der Waals surface area contributed by atoms with E-state index in [4.69, 9.17) is 16.7 Å². The van der Waals surface area contributed by atoms with Crippen molar-refractivity contribution in [2.45, 2.75) is 0 Å². The highest BCUT2D eigenvalue weighted by Gasteiger charge is 1.99. The molecule has 11 heavy (non-hydrogen) atoms. The van der Waals surface area contributed by atoms with Crippen LogP contribution in [-0.4, -0.2) is 14.5 Å². The van der Waals surface area contributed by atoms with Crippen molar-refractivity contribution in [3.05, 3.63) is 29.7 Å². The third kappa shape index (κ3) is 0.935. The molecule has 2 rings (SSSR count). The Bertz CT molecular complexity index is 396. The summed E-state index contributed by atoms with van der Waals surface area (Å²) in [4.78, 5) is 3.98. The topological polar surface area (TPSA) is 37.5 Å². The van der Waals surface area contributed by atoms with Gasteiger partial charge >= 0.3 is 0 Å². The highest BCUT2D eigenvalue weighted by atomic mass is 35.5. The third-order valence-corrected chi connectivity index (χ3v) is 1.72. The number of nitrogens with zero attached hydrogens (tertiary/aromatic N) is 2. The van der Waals surface area contributed by atoms with Gasteiger partial charge < -0.3 is 5.11 Å². The van der Waals surface area contributed by atoms with Crippen LogP contribution >= 0.6 is 11.6 Å². The number of fused-ring (bicyclic) bond motifs is 1. The Morgan fingerprint density at radius 1 is 1.45 bits per heavy atom. The summed E-state index contributed by atoms with van der Waals surface area (Å²) in [5.74, 6) is 0.178. The molecule has 0 aromatic carbocycles. The van der Waals surface area contributed by atoms with Crippen molar-refractivity contribution in [1.82, 2.24) is 9.38 Å². The standard InChI is InChI=1S/C7H5ClN2O/c8-6-3-9-7-2-1-5(11)4-10(6)7/h1-4,11H. The van der Waals surface area contributed by atoms with Gasteiger partial charge in [0.1, 0.15) is 16.5 Å². The van der Waals surface area contributed by atoms with Gasteiger partial charge in [-0.05, 0) is 12.1 Å². The molecule has 2 aromatic rings. The zero-order valence-electron chi connectivity index (χ0n) is 5.53. The summed E-state index contributed by atoms with van der Waals surface area (Å²) in [6, 6.07) is 3.26. The van der Waals surface area contributed by atoms with E-state index in [2.05, 4.69) is 4.98 Å². The van der Waals surface area contributed by atoms with Gasteiger partial charge in [-0.3, -0.25) is 4.40 Å². The van der Waals surface area contributed by atoms with Crippen LogP contribution in [0.5, 0.6) is 5.75 Å². The number of aromatic hydroxyl groups is 1. The number of hydrogen-bond donors (Lipinski definition) is 1. The number of pyridine rings is 1. The van der Waals surface area contributed by atoms with Crippen molar-refractivity contribution in [1.29, 1.82) is 0 Å². The third-order valence-electron chi connectivity index (χ3n) is 1.44. The van der Waals surface area contributed by atoms with Crippen LogP contribution in [0.1, 0.15) is 0 Å². The number of halogens is 1. The van der Waals surface area contributed by atoms with Crippen molar-refractivity contribution in [3.63, 3.8) is 0 Å². The summed E-state index contributed by atoms with van der Waals surface area (Å²) in [5, 5.41) is 9.56. The van der Waals surface area contributed by atoms with Crippen LogP contribution in [0.15, 0.2) is 24.5 Å². The van der Waals surface area contributed by atoms with Crippen LogP contribution in [0.2, 0.25) is 5.15 Å². The quantitative estimate of drug-likeness (QED) is 0.650. The number of rotatable bonds is 0. The monoisotopic (exact) mass is 168 g/mol. The molecule has 0 bridgehead atoms. The molecule has 2 heterocycles. The minimum Gasteiger partial charge on any atom is -0.506 e. The van der Waals surface area contributed by atoms with Crippen LogP contribution in [-0.2, 0) is 0 Å². The largest absolute Gasteiger partial charge is 0.506 e. The molecule has 0 fully saturated rings. The molecule has 3 nitrogen and oxygen atoms in total. The van der Waals surface area contributed by atoms with Crippen LogP contribution < -0.4 is 0 Å². The van der Waals surface area contributed by atoms with Gasteiger partial charge in [-0.1, -0.05) is 11.6 Å². The second-order valence-corrected chi connectivity index (χ2v) is 2.58. The lowest BCUT2D eigenvalue weighted by Gasteiger charge is -1.94. The van der Waals surface area contributed by atoms with E-state index < -0.39 is 0 Å². The van der Waals surface area contributed by atoms with Crippen LogP contribution in [0.4, 0.5) is 0 Å². The fraction of sp³-hybridized carbons (Fsp3) is 0. The molecule has 0 saturated carbocycles. The lowest BCUT2D eigenvalue weighted by molar-refractivity contribution is 0.472. The molecule has 0 amide bonds. The molecule has 0 aliphatic rings. The SMILES string of the molecule is Oc1ccc2ncc(Cl)n2c1. The molecule has 2 aromatic heterocycles. The molecule has 0 spiro atoms. The molecule has 56 valence electrons. The lowest BCUT2D eigenvalue weighted by atomic mass is 10.4. The first-order valence-corrected chi connectivity index (χ1v) is 3.47. The Balaban J connectivity index is 2.87. The fourth-order valence-electron chi connectivity index (χ4n) is 0.940. The van der Waals surface area contributed by atoms with E-state index in [9.17, 15) is 0 Å². The van der Waals surface area contributed by atoms with E-state index in [0.717, 1.165) is 5.65 Å². The Kier molecular flexibility index (Phi) is 1.26. The summed E-state index contributed by atoms with van der Waals surface area (Å²) in [6.07, 6.45) is 3.06. The normalized spacial score (nSPS) is 10.6. The van der Waals surface area contributed by atoms with Gasteiger partial charge in [0, 0.05) is 0 Å². The molecule has 1 N–H and O–H groups in total.